The maximum atomic E-state index is 12.0. The summed E-state index contributed by atoms with van der Waals surface area (Å²) in [6.07, 6.45) is 11.3. The van der Waals surface area contributed by atoms with Crippen molar-refractivity contribution in [3.05, 3.63) is 30.1 Å². The van der Waals surface area contributed by atoms with Gasteiger partial charge in [-0.1, -0.05) is 19.3 Å². The van der Waals surface area contributed by atoms with E-state index in [2.05, 4.69) is 32.7 Å². The van der Waals surface area contributed by atoms with Gasteiger partial charge in [-0.3, -0.25) is 19.5 Å². The van der Waals surface area contributed by atoms with E-state index < -0.39 is 11.8 Å². The van der Waals surface area contributed by atoms with Gasteiger partial charge in [-0.15, -0.1) is 0 Å². The van der Waals surface area contributed by atoms with Crippen LogP contribution in [0.15, 0.2) is 24.5 Å². The third kappa shape index (κ3) is 5.80. The summed E-state index contributed by atoms with van der Waals surface area (Å²) in [7, 11) is 0. The Balaban J connectivity index is 1.32. The average Bonchev–Trinajstić information content (AvgIpc) is 2.69. The summed E-state index contributed by atoms with van der Waals surface area (Å²) in [6.45, 7) is 3.60. The number of nitrogens with one attached hydrogen (secondary N) is 2. The normalized spacial score (nSPS) is 19.8. The maximum absolute atomic E-state index is 12.0. The molecule has 26 heavy (non-hydrogen) atoms. The van der Waals surface area contributed by atoms with E-state index in [1.54, 1.807) is 0 Å². The molecule has 1 aromatic rings. The molecule has 0 radical (unpaired) electrons. The standard InChI is InChI=1S/C20H30N4O2/c25-19(20(26)23-18-4-2-1-3-5-18)22-14-16-8-12-24(13-9-16)15-17-6-10-21-11-7-17/h6-7,10-11,16,18H,1-5,8-9,12-15H2,(H,22,25)(H,23,26). The topological polar surface area (TPSA) is 74.3 Å². The Kier molecular flexibility index (Phi) is 7.00. The quantitative estimate of drug-likeness (QED) is 0.788. The molecule has 2 heterocycles. The molecule has 1 saturated carbocycles. The lowest BCUT2D eigenvalue weighted by molar-refractivity contribution is -0.139. The van der Waals surface area contributed by atoms with Crippen LogP contribution in [-0.2, 0) is 16.1 Å². The molecule has 1 saturated heterocycles. The third-order valence-corrected chi connectivity index (χ3v) is 5.56. The summed E-state index contributed by atoms with van der Waals surface area (Å²) >= 11 is 0. The first-order chi connectivity index (χ1) is 12.7. The molecule has 0 atom stereocenters. The van der Waals surface area contributed by atoms with Crippen LogP contribution in [0.3, 0.4) is 0 Å². The number of nitrogens with zero attached hydrogens (tertiary/aromatic N) is 2. The number of piperidine rings is 1. The number of carbonyl (C=O) groups excluding carboxylic acids is 2. The fraction of sp³-hybridized carbons (Fsp3) is 0.650. The lowest BCUT2D eigenvalue weighted by Gasteiger charge is -2.32. The first kappa shape index (κ1) is 18.8. The molecule has 2 aliphatic rings. The van der Waals surface area contributed by atoms with Gasteiger partial charge in [0.05, 0.1) is 0 Å². The molecule has 6 heteroatoms. The van der Waals surface area contributed by atoms with Gasteiger partial charge >= 0.3 is 11.8 Å². The van der Waals surface area contributed by atoms with Crippen LogP contribution in [0.4, 0.5) is 0 Å². The van der Waals surface area contributed by atoms with Gasteiger partial charge in [0.1, 0.15) is 0 Å². The maximum Gasteiger partial charge on any atom is 0.309 e. The molecule has 3 rings (SSSR count). The van der Waals surface area contributed by atoms with Gasteiger partial charge in [0.2, 0.25) is 0 Å². The molecule has 6 nitrogen and oxygen atoms in total. The highest BCUT2D eigenvalue weighted by molar-refractivity contribution is 6.35. The zero-order valence-corrected chi connectivity index (χ0v) is 15.5. The van der Waals surface area contributed by atoms with Crippen molar-refractivity contribution in [1.82, 2.24) is 20.5 Å². The fourth-order valence-electron chi connectivity index (χ4n) is 3.91. The smallest absolute Gasteiger partial charge is 0.309 e. The summed E-state index contributed by atoms with van der Waals surface area (Å²) < 4.78 is 0. The van der Waals surface area contributed by atoms with Crippen LogP contribution in [0.5, 0.6) is 0 Å². The van der Waals surface area contributed by atoms with Crippen molar-refractivity contribution in [3.63, 3.8) is 0 Å². The Morgan fingerprint density at radius 2 is 1.69 bits per heavy atom. The summed E-state index contributed by atoms with van der Waals surface area (Å²) in [5.41, 5.74) is 1.28. The second kappa shape index (κ2) is 9.67. The highest BCUT2D eigenvalue weighted by Gasteiger charge is 2.23. The Morgan fingerprint density at radius 3 is 2.38 bits per heavy atom. The zero-order chi connectivity index (χ0) is 18.2. The number of amides is 2. The highest BCUT2D eigenvalue weighted by Crippen LogP contribution is 2.19. The second-order valence-corrected chi connectivity index (χ2v) is 7.59. The van der Waals surface area contributed by atoms with E-state index in [1.165, 1.54) is 12.0 Å². The van der Waals surface area contributed by atoms with Crippen LogP contribution < -0.4 is 10.6 Å². The van der Waals surface area contributed by atoms with E-state index in [4.69, 9.17) is 0 Å². The number of hydrogen-bond acceptors (Lipinski definition) is 4. The van der Waals surface area contributed by atoms with Crippen molar-refractivity contribution in [3.8, 4) is 0 Å². The summed E-state index contributed by atoms with van der Waals surface area (Å²) in [5, 5.41) is 5.70. The van der Waals surface area contributed by atoms with Gasteiger partial charge in [-0.2, -0.15) is 0 Å². The molecule has 2 fully saturated rings. The van der Waals surface area contributed by atoms with Crippen LogP contribution in [0.1, 0.15) is 50.5 Å². The van der Waals surface area contributed by atoms with Crippen molar-refractivity contribution >= 4 is 11.8 Å². The molecule has 1 aliphatic carbocycles. The van der Waals surface area contributed by atoms with Gasteiger partial charge < -0.3 is 10.6 Å². The van der Waals surface area contributed by atoms with Crippen molar-refractivity contribution in [2.75, 3.05) is 19.6 Å². The monoisotopic (exact) mass is 358 g/mol. The van der Waals surface area contributed by atoms with E-state index in [9.17, 15) is 9.59 Å². The van der Waals surface area contributed by atoms with Crippen LogP contribution >= 0.6 is 0 Å². The van der Waals surface area contributed by atoms with Crippen LogP contribution in [0.2, 0.25) is 0 Å². The number of hydrogen-bond donors (Lipinski definition) is 2. The van der Waals surface area contributed by atoms with Crippen molar-refractivity contribution < 1.29 is 9.59 Å². The number of likely N-dealkylation sites (tertiary alicyclic amines) is 1. The molecule has 2 amide bonds. The molecule has 0 aromatic carbocycles. The lowest BCUT2D eigenvalue weighted by Crippen LogP contribution is -2.47. The molecular weight excluding hydrogens is 328 g/mol. The average molecular weight is 358 g/mol. The number of carbonyl (C=O) groups is 2. The Hall–Kier alpha value is -1.95. The lowest BCUT2D eigenvalue weighted by atomic mass is 9.95. The summed E-state index contributed by atoms with van der Waals surface area (Å²) in [6, 6.07) is 4.28. The van der Waals surface area contributed by atoms with E-state index in [0.717, 1.165) is 58.2 Å². The number of aromatic nitrogens is 1. The largest absolute Gasteiger partial charge is 0.348 e. The molecule has 1 aromatic heterocycles. The minimum absolute atomic E-state index is 0.179. The van der Waals surface area contributed by atoms with E-state index >= 15 is 0 Å². The van der Waals surface area contributed by atoms with Gasteiger partial charge in [-0.25, -0.2) is 0 Å². The molecule has 1 aliphatic heterocycles. The van der Waals surface area contributed by atoms with E-state index in [0.29, 0.717) is 12.5 Å². The van der Waals surface area contributed by atoms with E-state index in [1.807, 2.05) is 12.4 Å². The van der Waals surface area contributed by atoms with Gasteiger partial charge in [0, 0.05) is 31.5 Å². The first-order valence-corrected chi connectivity index (χ1v) is 9.90. The van der Waals surface area contributed by atoms with Gasteiger partial charge in [-0.05, 0) is 62.4 Å². The number of pyridine rings is 1. The molecule has 142 valence electrons. The van der Waals surface area contributed by atoms with Crippen LogP contribution in [-0.4, -0.2) is 47.4 Å². The van der Waals surface area contributed by atoms with Crippen molar-refractivity contribution in [2.45, 2.75) is 57.5 Å². The minimum Gasteiger partial charge on any atom is -0.348 e. The molecule has 2 N–H and O–H groups in total. The van der Waals surface area contributed by atoms with Crippen LogP contribution in [0, 0.1) is 5.92 Å². The fourth-order valence-corrected chi connectivity index (χ4v) is 3.91. The minimum atomic E-state index is -0.477. The van der Waals surface area contributed by atoms with Crippen LogP contribution in [0.25, 0.3) is 0 Å². The Bertz CT molecular complexity index is 579. The first-order valence-electron chi connectivity index (χ1n) is 9.90. The second-order valence-electron chi connectivity index (χ2n) is 7.59. The van der Waals surface area contributed by atoms with Gasteiger partial charge in [0.15, 0.2) is 0 Å². The molecular formula is C20H30N4O2. The van der Waals surface area contributed by atoms with Gasteiger partial charge in [0.25, 0.3) is 0 Å². The Morgan fingerprint density at radius 1 is 1.00 bits per heavy atom. The zero-order valence-electron chi connectivity index (χ0n) is 15.5. The molecule has 0 bridgehead atoms. The van der Waals surface area contributed by atoms with Crippen molar-refractivity contribution in [2.24, 2.45) is 5.92 Å². The third-order valence-electron chi connectivity index (χ3n) is 5.56. The predicted molar refractivity (Wildman–Crippen MR) is 100 cm³/mol. The predicted octanol–water partition coefficient (Wildman–Crippen LogP) is 1.86. The Labute approximate surface area is 155 Å². The summed E-state index contributed by atoms with van der Waals surface area (Å²) in [4.78, 5) is 30.5. The van der Waals surface area contributed by atoms with Crippen molar-refractivity contribution in [1.29, 1.82) is 0 Å². The number of rotatable bonds is 5. The highest BCUT2D eigenvalue weighted by atomic mass is 16.2. The molecule has 0 spiro atoms. The SMILES string of the molecule is O=C(NCC1CCN(Cc2ccncc2)CC1)C(=O)NC1CCCCC1. The molecule has 0 unspecified atom stereocenters. The summed E-state index contributed by atoms with van der Waals surface area (Å²) in [5.74, 6) is -0.489. The van der Waals surface area contributed by atoms with E-state index in [-0.39, 0.29) is 6.04 Å².